The lowest BCUT2D eigenvalue weighted by Crippen LogP contribution is -2.32. The van der Waals surface area contributed by atoms with Crippen LogP contribution in [0.5, 0.6) is 0 Å². The molecule has 2 unspecified atom stereocenters. The van der Waals surface area contributed by atoms with Gasteiger partial charge in [0.15, 0.2) is 0 Å². The van der Waals surface area contributed by atoms with Crippen LogP contribution in [0, 0.1) is 5.92 Å². The summed E-state index contributed by atoms with van der Waals surface area (Å²) in [6.45, 7) is 3.09. The Morgan fingerprint density at radius 3 is 2.77 bits per heavy atom. The summed E-state index contributed by atoms with van der Waals surface area (Å²) in [6.07, 6.45) is 1.05. The van der Waals surface area contributed by atoms with Gasteiger partial charge in [-0.3, -0.25) is 0 Å². The van der Waals surface area contributed by atoms with E-state index in [1.807, 2.05) is 6.92 Å². The number of halogens is 1. The molecule has 1 N–H and O–H groups in total. The van der Waals surface area contributed by atoms with Crippen LogP contribution in [-0.4, -0.2) is 32.9 Å². The molecule has 0 bridgehead atoms. The van der Waals surface area contributed by atoms with Gasteiger partial charge in [-0.05, 0) is 13.3 Å². The molecule has 0 amide bonds. The van der Waals surface area contributed by atoms with Crippen molar-refractivity contribution >= 4 is 21.6 Å². The average Bonchev–Trinajstić information content (AvgIpc) is 2.48. The quantitative estimate of drug-likeness (QED) is 0.713. The topological polar surface area (TPSA) is 55.4 Å². The van der Waals surface area contributed by atoms with Gasteiger partial charge in [-0.2, -0.15) is 0 Å². The van der Waals surface area contributed by atoms with E-state index in [9.17, 15) is 8.42 Å². The van der Waals surface area contributed by atoms with E-state index in [0.29, 0.717) is 13.2 Å². The van der Waals surface area contributed by atoms with E-state index >= 15 is 0 Å². The molecule has 13 heavy (non-hydrogen) atoms. The van der Waals surface area contributed by atoms with Gasteiger partial charge in [0.2, 0.25) is 10.0 Å². The molecule has 4 nitrogen and oxygen atoms in total. The largest absolute Gasteiger partial charge is 0.378 e. The first kappa shape index (κ1) is 11.2. The summed E-state index contributed by atoms with van der Waals surface area (Å²) in [5.41, 5.74) is 0. The molecule has 1 aliphatic rings. The molecule has 1 heterocycles. The standard InChI is InChI=1S/C7H14ClNO3S/c1-6-7(2-3-12-6)4-9-13(10,11)5-8/h6-7,9H,2-5H2,1H3. The van der Waals surface area contributed by atoms with Crippen LogP contribution in [0.3, 0.4) is 0 Å². The monoisotopic (exact) mass is 227 g/mol. The van der Waals surface area contributed by atoms with Gasteiger partial charge in [0.1, 0.15) is 5.21 Å². The summed E-state index contributed by atoms with van der Waals surface area (Å²) in [4.78, 5) is 0. The van der Waals surface area contributed by atoms with Gasteiger partial charge < -0.3 is 4.74 Å². The molecular formula is C7H14ClNO3S. The first-order valence-corrected chi connectivity index (χ1v) is 6.39. The van der Waals surface area contributed by atoms with Crippen molar-refractivity contribution in [2.24, 2.45) is 5.92 Å². The van der Waals surface area contributed by atoms with E-state index in [2.05, 4.69) is 4.72 Å². The smallest absolute Gasteiger partial charge is 0.225 e. The van der Waals surface area contributed by atoms with Gasteiger partial charge in [-0.1, -0.05) is 0 Å². The summed E-state index contributed by atoms with van der Waals surface area (Å²) < 4.78 is 29.7. The second kappa shape index (κ2) is 4.59. The molecule has 1 fully saturated rings. The molecule has 0 saturated carbocycles. The highest BCUT2D eigenvalue weighted by Gasteiger charge is 2.25. The first-order chi connectivity index (χ1) is 6.05. The zero-order chi connectivity index (χ0) is 9.90. The van der Waals surface area contributed by atoms with Gasteiger partial charge in [0.25, 0.3) is 0 Å². The Balaban J connectivity index is 2.34. The number of ether oxygens (including phenoxy) is 1. The third-order valence-electron chi connectivity index (χ3n) is 2.24. The highest BCUT2D eigenvalue weighted by Crippen LogP contribution is 2.19. The first-order valence-electron chi connectivity index (χ1n) is 4.20. The Morgan fingerprint density at radius 1 is 1.62 bits per heavy atom. The number of hydrogen-bond acceptors (Lipinski definition) is 3. The Labute approximate surface area is 83.7 Å². The molecular weight excluding hydrogens is 214 g/mol. The van der Waals surface area contributed by atoms with Gasteiger partial charge in [-0.25, -0.2) is 13.1 Å². The maximum Gasteiger partial charge on any atom is 0.225 e. The number of nitrogens with one attached hydrogen (secondary N) is 1. The number of hydrogen-bond donors (Lipinski definition) is 1. The Kier molecular flexibility index (Phi) is 3.97. The second-order valence-electron chi connectivity index (χ2n) is 3.20. The van der Waals surface area contributed by atoms with E-state index in [4.69, 9.17) is 16.3 Å². The summed E-state index contributed by atoms with van der Waals surface area (Å²) in [6, 6.07) is 0. The molecule has 0 aromatic carbocycles. The molecule has 0 aliphatic carbocycles. The van der Waals surface area contributed by atoms with Crippen LogP contribution in [0.15, 0.2) is 0 Å². The van der Waals surface area contributed by atoms with Crippen LogP contribution in [0.25, 0.3) is 0 Å². The third kappa shape index (κ3) is 3.42. The Hall–Kier alpha value is 0.160. The Morgan fingerprint density at radius 2 is 2.31 bits per heavy atom. The van der Waals surface area contributed by atoms with E-state index in [-0.39, 0.29) is 17.2 Å². The summed E-state index contributed by atoms with van der Waals surface area (Å²) >= 11 is 5.23. The molecule has 1 aliphatic heterocycles. The molecule has 0 spiro atoms. The summed E-state index contributed by atoms with van der Waals surface area (Å²) in [5, 5.41) is -0.380. The lowest BCUT2D eigenvalue weighted by atomic mass is 10.0. The number of alkyl halides is 1. The number of rotatable bonds is 4. The van der Waals surface area contributed by atoms with Gasteiger partial charge >= 0.3 is 0 Å². The van der Waals surface area contributed by atoms with Crippen molar-refractivity contribution in [2.75, 3.05) is 18.4 Å². The van der Waals surface area contributed by atoms with Crippen molar-refractivity contribution in [1.82, 2.24) is 4.72 Å². The molecule has 2 atom stereocenters. The van der Waals surface area contributed by atoms with Crippen molar-refractivity contribution in [3.8, 4) is 0 Å². The van der Waals surface area contributed by atoms with Crippen LogP contribution >= 0.6 is 11.6 Å². The SMILES string of the molecule is CC1OCCC1CNS(=O)(=O)CCl. The minimum Gasteiger partial charge on any atom is -0.378 e. The van der Waals surface area contributed by atoms with Crippen molar-refractivity contribution in [3.05, 3.63) is 0 Å². The zero-order valence-corrected chi connectivity index (χ0v) is 9.07. The van der Waals surface area contributed by atoms with Crippen LogP contribution in [0.2, 0.25) is 0 Å². The molecule has 1 rings (SSSR count). The van der Waals surface area contributed by atoms with Crippen molar-refractivity contribution in [2.45, 2.75) is 19.4 Å². The minimum atomic E-state index is -3.27. The Bertz CT molecular complexity index is 254. The second-order valence-corrected chi connectivity index (χ2v) is 5.59. The molecule has 0 aromatic rings. The maximum atomic E-state index is 11.0. The van der Waals surface area contributed by atoms with E-state index in [1.165, 1.54) is 0 Å². The van der Waals surface area contributed by atoms with Crippen molar-refractivity contribution in [1.29, 1.82) is 0 Å². The van der Waals surface area contributed by atoms with Crippen LogP contribution in [0.1, 0.15) is 13.3 Å². The summed E-state index contributed by atoms with van der Waals surface area (Å²) in [7, 11) is -3.27. The van der Waals surface area contributed by atoms with Gasteiger partial charge in [0, 0.05) is 19.1 Å². The molecule has 0 radical (unpaired) electrons. The molecule has 6 heteroatoms. The lowest BCUT2D eigenvalue weighted by Gasteiger charge is -2.13. The van der Waals surface area contributed by atoms with Crippen LogP contribution in [0.4, 0.5) is 0 Å². The number of sulfonamides is 1. The zero-order valence-electron chi connectivity index (χ0n) is 7.49. The van der Waals surface area contributed by atoms with Gasteiger partial charge in [0.05, 0.1) is 6.10 Å². The molecule has 78 valence electrons. The molecule has 1 saturated heterocycles. The van der Waals surface area contributed by atoms with Crippen LogP contribution < -0.4 is 4.72 Å². The predicted octanol–water partition coefficient (Wildman–Crippen LogP) is 0.527. The maximum absolute atomic E-state index is 11.0. The highest BCUT2D eigenvalue weighted by molar-refractivity contribution is 7.90. The highest BCUT2D eigenvalue weighted by atomic mass is 35.5. The van der Waals surface area contributed by atoms with Gasteiger partial charge in [-0.15, -0.1) is 11.6 Å². The fourth-order valence-corrected chi connectivity index (χ4v) is 2.09. The molecule has 0 aromatic heterocycles. The van der Waals surface area contributed by atoms with Crippen molar-refractivity contribution < 1.29 is 13.2 Å². The predicted molar refractivity (Wildman–Crippen MR) is 51.2 cm³/mol. The lowest BCUT2D eigenvalue weighted by molar-refractivity contribution is 0.107. The average molecular weight is 228 g/mol. The van der Waals surface area contributed by atoms with Crippen molar-refractivity contribution in [3.63, 3.8) is 0 Å². The summed E-state index contributed by atoms with van der Waals surface area (Å²) in [5.74, 6) is 0.276. The normalized spacial score (nSPS) is 29.4. The van der Waals surface area contributed by atoms with E-state index < -0.39 is 10.0 Å². The van der Waals surface area contributed by atoms with E-state index in [1.54, 1.807) is 0 Å². The fourth-order valence-electron chi connectivity index (χ4n) is 1.32. The fraction of sp³-hybridized carbons (Fsp3) is 1.00. The third-order valence-corrected chi connectivity index (χ3v) is 4.00. The van der Waals surface area contributed by atoms with Crippen LogP contribution in [-0.2, 0) is 14.8 Å². The minimum absolute atomic E-state index is 0.137. The van der Waals surface area contributed by atoms with E-state index in [0.717, 1.165) is 6.42 Å².